The molecular weight excluding hydrogens is 299 g/mol. The van der Waals surface area contributed by atoms with Crippen molar-refractivity contribution in [3.63, 3.8) is 0 Å². The lowest BCUT2D eigenvalue weighted by Crippen LogP contribution is -2.37. The molecule has 2 nitrogen and oxygen atoms in total. The van der Waals surface area contributed by atoms with E-state index in [0.29, 0.717) is 23.9 Å². The van der Waals surface area contributed by atoms with Gasteiger partial charge in [0.05, 0.1) is 6.04 Å². The third-order valence-corrected chi connectivity index (χ3v) is 4.82. The summed E-state index contributed by atoms with van der Waals surface area (Å²) in [6, 6.07) is 0.922. The summed E-state index contributed by atoms with van der Waals surface area (Å²) in [7, 11) is 0. The van der Waals surface area contributed by atoms with Crippen molar-refractivity contribution in [3.8, 4) is 0 Å². The summed E-state index contributed by atoms with van der Waals surface area (Å²) in [6.07, 6.45) is 11.3. The van der Waals surface area contributed by atoms with Gasteiger partial charge >= 0.3 is 0 Å². The van der Waals surface area contributed by atoms with Crippen LogP contribution in [0.2, 0.25) is 0 Å². The third kappa shape index (κ3) is 1.47. The Balaban J connectivity index is 1.94. The van der Waals surface area contributed by atoms with Crippen LogP contribution in [0, 0.1) is 11.8 Å². The quantitative estimate of drug-likeness (QED) is 0.672. The fraction of sp³-hybridized carbons (Fsp3) is 0.500. The average Bonchev–Trinajstić information content (AvgIpc) is 2.60. The van der Waals surface area contributed by atoms with Crippen molar-refractivity contribution in [2.45, 2.75) is 24.9 Å². The van der Waals surface area contributed by atoms with Crippen LogP contribution in [0.25, 0.3) is 0 Å². The molecule has 15 heavy (non-hydrogen) atoms. The Morgan fingerprint density at radius 3 is 3.13 bits per heavy atom. The molecule has 0 saturated carbocycles. The van der Waals surface area contributed by atoms with Gasteiger partial charge in [-0.25, -0.2) is 0 Å². The van der Waals surface area contributed by atoms with Gasteiger partial charge in [-0.2, -0.15) is 0 Å². The number of rotatable bonds is 0. The van der Waals surface area contributed by atoms with E-state index in [9.17, 15) is 0 Å². The van der Waals surface area contributed by atoms with Crippen LogP contribution < -0.4 is 11.1 Å². The number of nitrogens with two attached hydrogens (primary N) is 1. The van der Waals surface area contributed by atoms with E-state index in [-0.39, 0.29) is 0 Å². The van der Waals surface area contributed by atoms with Crippen molar-refractivity contribution in [1.29, 1.82) is 0 Å². The molecule has 1 saturated heterocycles. The van der Waals surface area contributed by atoms with Gasteiger partial charge in [0.1, 0.15) is 0 Å². The Kier molecular flexibility index (Phi) is 2.39. The van der Waals surface area contributed by atoms with Gasteiger partial charge in [-0.05, 0) is 41.4 Å². The lowest BCUT2D eigenvalue weighted by atomic mass is 9.79. The van der Waals surface area contributed by atoms with Crippen LogP contribution in [0.5, 0.6) is 0 Å². The normalized spacial score (nSPS) is 43.0. The van der Waals surface area contributed by atoms with Crippen LogP contribution in [-0.2, 0) is 0 Å². The van der Waals surface area contributed by atoms with Crippen LogP contribution >= 0.6 is 22.6 Å². The zero-order chi connectivity index (χ0) is 10.4. The molecule has 1 heterocycles. The molecule has 0 amide bonds. The molecular formula is C12H15IN2. The first kappa shape index (κ1) is 9.90. The number of hydrogen-bond donors (Lipinski definition) is 2. The van der Waals surface area contributed by atoms with E-state index < -0.39 is 0 Å². The van der Waals surface area contributed by atoms with E-state index in [1.165, 1.54) is 10.0 Å². The number of nitrogens with one attached hydrogen (secondary N) is 1. The zero-order valence-corrected chi connectivity index (χ0v) is 10.6. The van der Waals surface area contributed by atoms with Crippen molar-refractivity contribution >= 4 is 22.6 Å². The summed E-state index contributed by atoms with van der Waals surface area (Å²) in [5.74, 6) is 1.36. The maximum atomic E-state index is 6.07. The van der Waals surface area contributed by atoms with Gasteiger partial charge in [-0.1, -0.05) is 24.3 Å². The Morgan fingerprint density at radius 2 is 2.27 bits per heavy atom. The van der Waals surface area contributed by atoms with Crippen LogP contribution in [0.15, 0.2) is 33.6 Å². The molecule has 80 valence electrons. The lowest BCUT2D eigenvalue weighted by molar-refractivity contribution is 0.384. The molecule has 0 radical (unpaired) electrons. The predicted octanol–water partition coefficient (Wildman–Crippen LogP) is 2.08. The van der Waals surface area contributed by atoms with E-state index >= 15 is 0 Å². The highest BCUT2D eigenvalue weighted by atomic mass is 127. The number of allylic oxidation sites excluding steroid dienone is 3. The number of hydrogen-bond acceptors (Lipinski definition) is 2. The summed E-state index contributed by atoms with van der Waals surface area (Å²) in [5.41, 5.74) is 7.13. The Hall–Kier alpha value is -0.290. The lowest BCUT2D eigenvalue weighted by Gasteiger charge is -2.27. The van der Waals surface area contributed by atoms with E-state index in [0.717, 1.165) is 12.1 Å². The molecule has 1 fully saturated rings. The minimum absolute atomic E-state index is 0.412. The summed E-state index contributed by atoms with van der Waals surface area (Å²) >= 11 is 2.44. The van der Waals surface area contributed by atoms with Crippen LogP contribution in [-0.4, -0.2) is 12.1 Å². The average molecular weight is 314 g/mol. The van der Waals surface area contributed by atoms with Gasteiger partial charge in [0.15, 0.2) is 0 Å². The monoisotopic (exact) mass is 314 g/mol. The molecule has 1 aliphatic heterocycles. The number of halogens is 1. The van der Waals surface area contributed by atoms with Crippen LogP contribution in [0.3, 0.4) is 0 Å². The van der Waals surface area contributed by atoms with Gasteiger partial charge in [0.2, 0.25) is 0 Å². The summed E-state index contributed by atoms with van der Waals surface area (Å²) in [5, 5.41) is 3.67. The largest absolute Gasteiger partial charge is 0.401 e. The molecule has 3 heteroatoms. The molecule has 2 aliphatic carbocycles. The predicted molar refractivity (Wildman–Crippen MR) is 70.4 cm³/mol. The third-order valence-electron chi connectivity index (χ3n) is 3.79. The van der Waals surface area contributed by atoms with Crippen molar-refractivity contribution in [1.82, 2.24) is 5.32 Å². The van der Waals surface area contributed by atoms with Crippen molar-refractivity contribution in [2.24, 2.45) is 17.6 Å². The molecule has 4 atom stereocenters. The second kappa shape index (κ2) is 3.63. The van der Waals surface area contributed by atoms with E-state index in [1.54, 1.807) is 0 Å². The maximum absolute atomic E-state index is 6.07. The summed E-state index contributed by atoms with van der Waals surface area (Å²) in [4.78, 5) is 0. The highest BCUT2D eigenvalue weighted by molar-refractivity contribution is 14.1. The van der Waals surface area contributed by atoms with Gasteiger partial charge in [0, 0.05) is 21.2 Å². The smallest absolute Gasteiger partial charge is 0.0504 e. The zero-order valence-electron chi connectivity index (χ0n) is 8.49. The van der Waals surface area contributed by atoms with Crippen LogP contribution in [0.1, 0.15) is 12.8 Å². The fourth-order valence-corrected chi connectivity index (χ4v) is 3.87. The highest BCUT2D eigenvalue weighted by Crippen LogP contribution is 2.42. The van der Waals surface area contributed by atoms with Crippen molar-refractivity contribution < 1.29 is 0 Å². The highest BCUT2D eigenvalue weighted by Gasteiger charge is 2.44. The molecule has 0 aromatic heterocycles. The van der Waals surface area contributed by atoms with Gasteiger partial charge in [-0.15, -0.1) is 0 Å². The molecule has 0 aromatic rings. The Morgan fingerprint density at radius 1 is 1.40 bits per heavy atom. The molecule has 3 aliphatic rings. The van der Waals surface area contributed by atoms with Crippen molar-refractivity contribution in [3.05, 3.63) is 33.6 Å². The van der Waals surface area contributed by atoms with Gasteiger partial charge < -0.3 is 11.1 Å². The molecule has 3 N–H and O–H groups in total. The van der Waals surface area contributed by atoms with Gasteiger partial charge in [-0.3, -0.25) is 0 Å². The second-order valence-corrected chi connectivity index (χ2v) is 5.83. The summed E-state index contributed by atoms with van der Waals surface area (Å²) < 4.78 is 1.42. The molecule has 3 rings (SSSR count). The molecule has 0 spiro atoms. The maximum Gasteiger partial charge on any atom is 0.0504 e. The Labute approximate surface area is 104 Å². The first-order valence-corrected chi connectivity index (χ1v) is 6.60. The summed E-state index contributed by atoms with van der Waals surface area (Å²) in [6.45, 7) is 0. The molecule has 4 unspecified atom stereocenters. The minimum Gasteiger partial charge on any atom is -0.401 e. The SMILES string of the molecule is NC1=CCCC2C1NC1C(I)=CC=CC12. The number of fused-ring (bicyclic) bond motifs is 3. The van der Waals surface area contributed by atoms with Crippen molar-refractivity contribution in [2.75, 3.05) is 0 Å². The first-order valence-electron chi connectivity index (χ1n) is 5.53. The van der Waals surface area contributed by atoms with E-state index in [1.807, 2.05) is 0 Å². The van der Waals surface area contributed by atoms with E-state index in [4.69, 9.17) is 5.73 Å². The molecule has 0 bridgehead atoms. The topological polar surface area (TPSA) is 38.0 Å². The fourth-order valence-electron chi connectivity index (χ4n) is 3.07. The first-order chi connectivity index (χ1) is 7.27. The molecule has 0 aromatic carbocycles. The Bertz CT molecular complexity index is 370. The van der Waals surface area contributed by atoms with E-state index in [2.05, 4.69) is 52.2 Å². The van der Waals surface area contributed by atoms with Gasteiger partial charge in [0.25, 0.3) is 0 Å². The minimum atomic E-state index is 0.412. The van der Waals surface area contributed by atoms with Crippen LogP contribution in [0.4, 0.5) is 0 Å². The second-order valence-electron chi connectivity index (χ2n) is 4.58. The standard InChI is InChI=1S/C12H15IN2/c13-9-5-1-3-7-8-4-2-6-10(14)12(8)15-11(7)9/h1,3,5-8,11-12,15H,2,4,14H2.